The summed E-state index contributed by atoms with van der Waals surface area (Å²) in [6.07, 6.45) is 0.171. The number of carbonyl (C=O) groups is 1. The normalized spacial score (nSPS) is 23.1. The number of fused-ring (bicyclic) bond motifs is 1. The molecule has 4 rings (SSSR count). The lowest BCUT2D eigenvalue weighted by atomic mass is 9.94. The second-order valence-electron chi connectivity index (χ2n) is 9.70. The number of hydrogen-bond donors (Lipinski definition) is 0. The van der Waals surface area contributed by atoms with Gasteiger partial charge in [-0.2, -0.15) is 13.2 Å². The number of nitrogens with zero attached hydrogens (tertiary/aromatic N) is 3. The minimum Gasteiger partial charge on any atom is -0.444 e. The van der Waals surface area contributed by atoms with Gasteiger partial charge in [-0.05, 0) is 71.2 Å². The second kappa shape index (κ2) is 8.57. The van der Waals surface area contributed by atoms with Gasteiger partial charge in [-0.25, -0.2) is 9.78 Å². The molecule has 0 saturated carbocycles. The van der Waals surface area contributed by atoms with E-state index < -0.39 is 17.3 Å². The molecule has 2 fully saturated rings. The Bertz CT molecular complexity index is 967. The van der Waals surface area contributed by atoms with Crippen molar-refractivity contribution in [3.8, 4) is 0 Å². The molecule has 0 aliphatic carbocycles. The van der Waals surface area contributed by atoms with Crippen LogP contribution in [0, 0.1) is 0 Å². The van der Waals surface area contributed by atoms with Crippen molar-refractivity contribution in [2.45, 2.75) is 83.3 Å². The maximum atomic E-state index is 13.0. The average Bonchev–Trinajstić information content (AvgIpc) is 3.32. The first-order valence-corrected chi connectivity index (χ1v) is 11.2. The van der Waals surface area contributed by atoms with Crippen LogP contribution in [0.1, 0.15) is 64.3 Å². The first kappa shape index (κ1) is 22.9. The van der Waals surface area contributed by atoms with Crippen LogP contribution < -0.4 is 0 Å². The molecule has 2 atom stereocenters. The van der Waals surface area contributed by atoms with E-state index in [2.05, 4.69) is 9.88 Å². The zero-order chi connectivity index (χ0) is 23.1. The first-order chi connectivity index (χ1) is 15.0. The summed E-state index contributed by atoms with van der Waals surface area (Å²) in [6, 6.07) is 3.55. The predicted molar refractivity (Wildman–Crippen MR) is 113 cm³/mol. The summed E-state index contributed by atoms with van der Waals surface area (Å²) in [5, 5.41) is 0. The molecule has 1 aromatic heterocycles. The predicted octanol–water partition coefficient (Wildman–Crippen LogP) is 5.60. The molecule has 0 unspecified atom stereocenters. The molecule has 0 radical (unpaired) electrons. The SMILES string of the molecule is CC(C)(C)OC(=O)N1CCC[C@H]1[C@@H]1CCCCN1Cc1nc2cc(C(F)(F)F)ccc2o1. The Labute approximate surface area is 185 Å². The first-order valence-electron chi connectivity index (χ1n) is 11.2. The summed E-state index contributed by atoms with van der Waals surface area (Å²) in [7, 11) is 0. The Morgan fingerprint density at radius 2 is 1.88 bits per heavy atom. The molecule has 1 amide bonds. The van der Waals surface area contributed by atoms with Crippen molar-refractivity contribution >= 4 is 17.2 Å². The van der Waals surface area contributed by atoms with Crippen LogP contribution in [0.2, 0.25) is 0 Å². The topological polar surface area (TPSA) is 58.8 Å². The number of amides is 1. The van der Waals surface area contributed by atoms with Gasteiger partial charge in [0.25, 0.3) is 0 Å². The number of alkyl halides is 3. The van der Waals surface area contributed by atoms with Crippen molar-refractivity contribution in [2.24, 2.45) is 0 Å². The van der Waals surface area contributed by atoms with Gasteiger partial charge >= 0.3 is 12.3 Å². The van der Waals surface area contributed by atoms with E-state index in [0.717, 1.165) is 50.8 Å². The number of rotatable bonds is 3. The summed E-state index contributed by atoms with van der Waals surface area (Å²) in [5.74, 6) is 0.396. The highest BCUT2D eigenvalue weighted by Crippen LogP contribution is 2.33. The van der Waals surface area contributed by atoms with Gasteiger partial charge in [-0.3, -0.25) is 4.90 Å². The standard InChI is InChI=1S/C23H30F3N3O3/c1-22(2,3)32-21(30)29-12-6-8-18(29)17-7-4-5-11-28(17)14-20-27-16-13-15(23(24,25)26)9-10-19(16)31-20/h9-10,13,17-18H,4-8,11-12,14H2,1-3H3/t17-,18-/m0/s1. The van der Waals surface area contributed by atoms with Crippen molar-refractivity contribution in [3.05, 3.63) is 29.7 Å². The van der Waals surface area contributed by atoms with Crippen LogP contribution in [0.25, 0.3) is 11.1 Å². The molecular weight excluding hydrogens is 423 g/mol. The van der Waals surface area contributed by atoms with E-state index in [-0.39, 0.29) is 23.7 Å². The van der Waals surface area contributed by atoms with Crippen molar-refractivity contribution in [2.75, 3.05) is 13.1 Å². The summed E-state index contributed by atoms with van der Waals surface area (Å²) >= 11 is 0. The van der Waals surface area contributed by atoms with Gasteiger partial charge in [-0.1, -0.05) is 6.42 Å². The Morgan fingerprint density at radius 1 is 1.12 bits per heavy atom. The van der Waals surface area contributed by atoms with Crippen molar-refractivity contribution in [1.29, 1.82) is 0 Å². The molecule has 2 aliphatic heterocycles. The molecule has 2 aliphatic rings. The van der Waals surface area contributed by atoms with Gasteiger partial charge in [0, 0.05) is 12.6 Å². The lowest BCUT2D eigenvalue weighted by Gasteiger charge is -2.41. The maximum absolute atomic E-state index is 13.0. The summed E-state index contributed by atoms with van der Waals surface area (Å²) in [6.45, 7) is 7.49. The highest BCUT2D eigenvalue weighted by molar-refractivity contribution is 5.73. The fraction of sp³-hybridized carbons (Fsp3) is 0.652. The minimum absolute atomic E-state index is 0.0476. The highest BCUT2D eigenvalue weighted by atomic mass is 19.4. The van der Waals surface area contributed by atoms with Gasteiger partial charge < -0.3 is 14.1 Å². The number of hydrogen-bond acceptors (Lipinski definition) is 5. The van der Waals surface area contributed by atoms with Gasteiger partial charge in [0.05, 0.1) is 18.2 Å². The number of oxazole rings is 1. The van der Waals surface area contributed by atoms with Crippen LogP contribution in [0.15, 0.2) is 22.6 Å². The lowest BCUT2D eigenvalue weighted by molar-refractivity contribution is -0.137. The molecule has 9 heteroatoms. The molecule has 0 N–H and O–H groups in total. The quantitative estimate of drug-likeness (QED) is 0.605. The van der Waals surface area contributed by atoms with Crippen LogP contribution in [0.3, 0.4) is 0 Å². The van der Waals surface area contributed by atoms with Crippen molar-refractivity contribution < 1.29 is 27.1 Å². The average molecular weight is 454 g/mol. The van der Waals surface area contributed by atoms with E-state index >= 15 is 0 Å². The Hall–Kier alpha value is -2.29. The Balaban J connectivity index is 1.52. The third-order valence-electron chi connectivity index (χ3n) is 6.13. The second-order valence-corrected chi connectivity index (χ2v) is 9.70. The zero-order valence-electron chi connectivity index (χ0n) is 18.7. The number of ether oxygens (including phenoxy) is 1. The molecule has 176 valence electrons. The van der Waals surface area contributed by atoms with Crippen LogP contribution in [-0.4, -0.2) is 51.7 Å². The van der Waals surface area contributed by atoms with Gasteiger partial charge in [0.2, 0.25) is 5.89 Å². The van der Waals surface area contributed by atoms with Crippen LogP contribution >= 0.6 is 0 Å². The lowest BCUT2D eigenvalue weighted by Crippen LogP contribution is -2.53. The Kier molecular flexibility index (Phi) is 6.13. The monoisotopic (exact) mass is 453 g/mol. The van der Waals surface area contributed by atoms with Crippen LogP contribution in [-0.2, 0) is 17.5 Å². The third-order valence-corrected chi connectivity index (χ3v) is 6.13. The number of likely N-dealkylation sites (tertiary alicyclic amines) is 2. The fourth-order valence-electron chi connectivity index (χ4n) is 4.78. The van der Waals surface area contributed by atoms with Crippen molar-refractivity contribution in [3.63, 3.8) is 0 Å². The number of carbonyl (C=O) groups excluding carboxylic acids is 1. The van der Waals surface area contributed by atoms with Crippen LogP contribution in [0.5, 0.6) is 0 Å². The van der Waals surface area contributed by atoms with Gasteiger partial charge in [0.1, 0.15) is 11.1 Å². The van der Waals surface area contributed by atoms with E-state index in [9.17, 15) is 18.0 Å². The van der Waals surface area contributed by atoms with E-state index in [4.69, 9.17) is 9.15 Å². The molecule has 32 heavy (non-hydrogen) atoms. The molecule has 6 nitrogen and oxygen atoms in total. The molecule has 2 saturated heterocycles. The Morgan fingerprint density at radius 3 is 2.59 bits per heavy atom. The largest absolute Gasteiger partial charge is 0.444 e. The van der Waals surface area contributed by atoms with Crippen LogP contribution in [0.4, 0.5) is 18.0 Å². The van der Waals surface area contributed by atoms with Gasteiger partial charge in [0.15, 0.2) is 5.58 Å². The number of halogens is 3. The summed E-state index contributed by atoms with van der Waals surface area (Å²) in [4.78, 5) is 21.2. The maximum Gasteiger partial charge on any atom is 0.416 e. The van der Waals surface area contributed by atoms with E-state index in [1.807, 2.05) is 25.7 Å². The molecular formula is C23H30F3N3O3. The fourth-order valence-corrected chi connectivity index (χ4v) is 4.78. The smallest absolute Gasteiger partial charge is 0.416 e. The number of benzene rings is 1. The molecule has 0 bridgehead atoms. The molecule has 2 aromatic rings. The van der Waals surface area contributed by atoms with E-state index in [1.165, 1.54) is 6.07 Å². The zero-order valence-corrected chi connectivity index (χ0v) is 18.7. The third kappa shape index (κ3) is 5.03. The molecule has 0 spiro atoms. The minimum atomic E-state index is -4.42. The number of aromatic nitrogens is 1. The van der Waals surface area contributed by atoms with E-state index in [1.54, 1.807) is 0 Å². The summed E-state index contributed by atoms with van der Waals surface area (Å²) < 4.78 is 50.4. The highest BCUT2D eigenvalue weighted by Gasteiger charge is 2.40. The van der Waals surface area contributed by atoms with E-state index in [0.29, 0.717) is 24.6 Å². The molecule has 3 heterocycles. The number of piperidine rings is 1. The van der Waals surface area contributed by atoms with Gasteiger partial charge in [-0.15, -0.1) is 0 Å². The summed E-state index contributed by atoms with van der Waals surface area (Å²) in [5.41, 5.74) is -0.735. The molecule has 1 aromatic carbocycles. The van der Waals surface area contributed by atoms with Crippen molar-refractivity contribution in [1.82, 2.24) is 14.8 Å².